The van der Waals surface area contributed by atoms with Gasteiger partial charge in [-0.1, -0.05) is 19.9 Å². The largest absolute Gasteiger partial charge is 0.504 e. The molecule has 0 aliphatic rings. The van der Waals surface area contributed by atoms with E-state index in [1.807, 2.05) is 13.8 Å². The highest BCUT2D eigenvalue weighted by molar-refractivity contribution is 7.17. The van der Waals surface area contributed by atoms with Crippen LogP contribution in [0, 0.1) is 19.4 Å². The van der Waals surface area contributed by atoms with Crippen molar-refractivity contribution < 1.29 is 14.6 Å². The van der Waals surface area contributed by atoms with Gasteiger partial charge in [-0.3, -0.25) is 0 Å². The van der Waals surface area contributed by atoms with Crippen LogP contribution < -0.4 is 4.74 Å². The number of carbonyl (C=O) groups is 1. The Kier molecular flexibility index (Phi) is 4.78. The zero-order chi connectivity index (χ0) is 16.3. The number of aromatic nitrogens is 1. The Hall–Kier alpha value is -2.39. The number of carboxylic acids is 1. The van der Waals surface area contributed by atoms with Crippen LogP contribution in [0.4, 0.5) is 5.69 Å². The van der Waals surface area contributed by atoms with Gasteiger partial charge in [-0.2, -0.15) is 0 Å². The number of carboxylic acid groups (broad SMARTS) is 1. The van der Waals surface area contributed by atoms with Crippen LogP contribution in [0.2, 0.25) is 0 Å². The summed E-state index contributed by atoms with van der Waals surface area (Å²) in [4.78, 5) is 19.1. The van der Waals surface area contributed by atoms with Crippen LogP contribution in [0.15, 0.2) is 18.2 Å². The van der Waals surface area contributed by atoms with E-state index in [0.29, 0.717) is 34.7 Å². The molecule has 0 spiro atoms. The van der Waals surface area contributed by atoms with Gasteiger partial charge in [-0.25, -0.2) is 14.6 Å². The third-order valence-corrected chi connectivity index (χ3v) is 4.08. The number of hydrogen-bond acceptors (Lipinski definition) is 4. The zero-order valence-electron chi connectivity index (χ0n) is 12.6. The third kappa shape index (κ3) is 3.43. The monoisotopic (exact) mass is 316 g/mol. The Morgan fingerprint density at radius 3 is 2.77 bits per heavy atom. The number of rotatable bonds is 5. The van der Waals surface area contributed by atoms with Gasteiger partial charge >= 0.3 is 5.97 Å². The van der Waals surface area contributed by atoms with Gasteiger partial charge in [0, 0.05) is 5.56 Å². The molecule has 22 heavy (non-hydrogen) atoms. The van der Waals surface area contributed by atoms with E-state index in [4.69, 9.17) is 16.4 Å². The summed E-state index contributed by atoms with van der Waals surface area (Å²) in [6, 6.07) is 5.23. The first kappa shape index (κ1) is 16.0. The van der Waals surface area contributed by atoms with Crippen LogP contribution in [-0.2, 0) is 0 Å². The molecule has 1 aromatic heterocycles. The average molecular weight is 316 g/mol. The van der Waals surface area contributed by atoms with Crippen molar-refractivity contribution >= 4 is 23.0 Å². The first-order valence-electron chi connectivity index (χ1n) is 6.77. The van der Waals surface area contributed by atoms with Crippen molar-refractivity contribution in [2.24, 2.45) is 5.92 Å². The number of benzene rings is 1. The lowest BCUT2D eigenvalue weighted by Gasteiger charge is -2.10. The lowest BCUT2D eigenvalue weighted by atomic mass is 10.2. The second kappa shape index (κ2) is 6.58. The fraction of sp³-hybridized carbons (Fsp3) is 0.312. The van der Waals surface area contributed by atoms with E-state index in [1.165, 1.54) is 0 Å². The number of thiazole rings is 1. The lowest BCUT2D eigenvalue weighted by Crippen LogP contribution is -2.04. The Labute approximate surface area is 133 Å². The predicted molar refractivity (Wildman–Crippen MR) is 85.8 cm³/mol. The zero-order valence-corrected chi connectivity index (χ0v) is 13.4. The average Bonchev–Trinajstić information content (AvgIpc) is 2.87. The maximum Gasteiger partial charge on any atom is 0.347 e. The molecule has 1 N–H and O–H groups in total. The molecular formula is C16H16N2O3S. The molecule has 0 saturated heterocycles. The topological polar surface area (TPSA) is 63.8 Å². The van der Waals surface area contributed by atoms with Crippen LogP contribution in [-0.4, -0.2) is 22.7 Å². The molecule has 0 bridgehead atoms. The molecule has 0 fully saturated rings. The van der Waals surface area contributed by atoms with Crippen molar-refractivity contribution in [2.45, 2.75) is 20.8 Å². The highest BCUT2D eigenvalue weighted by Gasteiger charge is 2.16. The van der Waals surface area contributed by atoms with Crippen molar-refractivity contribution in [1.82, 2.24) is 4.98 Å². The van der Waals surface area contributed by atoms with Crippen LogP contribution in [0.1, 0.15) is 29.2 Å². The first-order chi connectivity index (χ1) is 10.4. The van der Waals surface area contributed by atoms with E-state index < -0.39 is 5.97 Å². The molecule has 0 aliphatic carbocycles. The fourth-order valence-corrected chi connectivity index (χ4v) is 2.74. The second-order valence-electron chi connectivity index (χ2n) is 5.24. The Morgan fingerprint density at radius 2 is 2.23 bits per heavy atom. The molecule has 5 nitrogen and oxygen atoms in total. The van der Waals surface area contributed by atoms with Crippen molar-refractivity contribution in [3.05, 3.63) is 40.2 Å². The molecule has 1 aromatic carbocycles. The first-order valence-corrected chi connectivity index (χ1v) is 7.59. The highest BCUT2D eigenvalue weighted by Crippen LogP contribution is 2.35. The van der Waals surface area contributed by atoms with E-state index in [0.717, 1.165) is 16.9 Å². The van der Waals surface area contributed by atoms with Crippen LogP contribution >= 0.6 is 11.3 Å². The van der Waals surface area contributed by atoms with Gasteiger partial charge in [0.1, 0.15) is 15.6 Å². The SMILES string of the molecule is [C-]#[N+]c1cc(-c2nc(C)c(C(=O)O)s2)ccc1OCC(C)C. The number of hydrogen-bond donors (Lipinski definition) is 1. The van der Waals surface area contributed by atoms with Gasteiger partial charge in [-0.15, -0.1) is 11.3 Å². The molecule has 114 valence electrons. The minimum atomic E-state index is -0.983. The Balaban J connectivity index is 2.35. The second-order valence-corrected chi connectivity index (χ2v) is 6.24. The van der Waals surface area contributed by atoms with E-state index >= 15 is 0 Å². The van der Waals surface area contributed by atoms with Gasteiger partial charge < -0.3 is 9.84 Å². The van der Waals surface area contributed by atoms with Crippen LogP contribution in [0.25, 0.3) is 15.4 Å². The summed E-state index contributed by atoms with van der Waals surface area (Å²) in [5, 5.41) is 9.69. The number of nitrogens with zero attached hydrogens (tertiary/aromatic N) is 2. The molecule has 0 unspecified atom stereocenters. The molecule has 0 amide bonds. The van der Waals surface area contributed by atoms with E-state index in [-0.39, 0.29) is 4.88 Å². The number of aromatic carboxylic acids is 1. The van der Waals surface area contributed by atoms with E-state index in [1.54, 1.807) is 25.1 Å². The lowest BCUT2D eigenvalue weighted by molar-refractivity contribution is 0.0701. The summed E-state index contributed by atoms with van der Waals surface area (Å²) >= 11 is 1.11. The summed E-state index contributed by atoms with van der Waals surface area (Å²) in [5.74, 6) is -0.0688. The summed E-state index contributed by atoms with van der Waals surface area (Å²) in [6.07, 6.45) is 0. The van der Waals surface area contributed by atoms with Crippen LogP contribution in [0.3, 0.4) is 0 Å². The predicted octanol–water partition coefficient (Wildman–Crippen LogP) is 4.40. The summed E-state index contributed by atoms with van der Waals surface area (Å²) in [7, 11) is 0. The maximum absolute atomic E-state index is 11.1. The van der Waals surface area contributed by atoms with Gasteiger partial charge in [0.2, 0.25) is 5.69 Å². The molecule has 0 saturated carbocycles. The van der Waals surface area contributed by atoms with E-state index in [9.17, 15) is 4.79 Å². The molecule has 6 heteroatoms. The summed E-state index contributed by atoms with van der Waals surface area (Å²) in [6.45, 7) is 13.6. The molecular weight excluding hydrogens is 300 g/mol. The highest BCUT2D eigenvalue weighted by atomic mass is 32.1. The minimum absolute atomic E-state index is 0.222. The van der Waals surface area contributed by atoms with Crippen molar-refractivity contribution in [3.63, 3.8) is 0 Å². The normalized spacial score (nSPS) is 10.5. The standard InChI is InChI=1S/C16H16N2O3S/c1-9(2)8-21-13-6-5-11(7-12(13)17-4)15-18-10(3)14(22-15)16(19)20/h5-7,9H,8H2,1-3H3,(H,19,20). The Bertz CT molecular complexity index is 744. The number of aryl methyl sites for hydroxylation is 1. The molecule has 2 aromatic rings. The van der Waals surface area contributed by atoms with Crippen molar-refractivity contribution in [3.8, 4) is 16.3 Å². The van der Waals surface area contributed by atoms with Crippen LogP contribution in [0.5, 0.6) is 5.75 Å². The quantitative estimate of drug-likeness (QED) is 0.830. The van der Waals surface area contributed by atoms with Gasteiger partial charge in [0.25, 0.3) is 0 Å². The van der Waals surface area contributed by atoms with Crippen molar-refractivity contribution in [1.29, 1.82) is 0 Å². The van der Waals surface area contributed by atoms with Gasteiger partial charge in [-0.05, 0) is 25.0 Å². The van der Waals surface area contributed by atoms with Gasteiger partial charge in [0.05, 0.1) is 18.9 Å². The fourth-order valence-electron chi connectivity index (χ4n) is 1.83. The molecule has 0 atom stereocenters. The number of ether oxygens (including phenoxy) is 1. The van der Waals surface area contributed by atoms with Crippen molar-refractivity contribution in [2.75, 3.05) is 6.61 Å². The summed E-state index contributed by atoms with van der Waals surface area (Å²) < 4.78 is 5.62. The minimum Gasteiger partial charge on any atom is -0.504 e. The summed E-state index contributed by atoms with van der Waals surface area (Å²) in [5.41, 5.74) is 1.61. The molecule has 2 rings (SSSR count). The smallest absolute Gasteiger partial charge is 0.347 e. The molecule has 0 aliphatic heterocycles. The van der Waals surface area contributed by atoms with E-state index in [2.05, 4.69) is 9.83 Å². The van der Waals surface area contributed by atoms with Gasteiger partial charge in [0.15, 0.2) is 0 Å². The maximum atomic E-state index is 11.1. The third-order valence-electron chi connectivity index (χ3n) is 2.89. The Morgan fingerprint density at radius 1 is 1.50 bits per heavy atom. The molecule has 1 heterocycles. The molecule has 0 radical (unpaired) electrons.